The Morgan fingerprint density at radius 2 is 2.03 bits per heavy atom. The first-order chi connectivity index (χ1) is 13.9. The van der Waals surface area contributed by atoms with Gasteiger partial charge in [-0.05, 0) is 26.3 Å². The highest BCUT2D eigenvalue weighted by atomic mass is 32.2. The lowest BCUT2D eigenvalue weighted by molar-refractivity contribution is -0.121. The molecule has 3 aromatic rings. The fourth-order valence-electron chi connectivity index (χ4n) is 3.36. The minimum Gasteiger partial charge on any atom is -0.351 e. The molecule has 8 heteroatoms. The molecule has 0 fully saturated rings. The van der Waals surface area contributed by atoms with Crippen molar-refractivity contribution in [3.8, 4) is 10.6 Å². The van der Waals surface area contributed by atoms with Crippen LogP contribution in [0.1, 0.15) is 34.2 Å². The molecule has 0 aliphatic carbocycles. The quantitative estimate of drug-likeness (QED) is 0.630. The molecule has 2 aromatic heterocycles. The summed E-state index contributed by atoms with van der Waals surface area (Å²) in [6, 6.07) is 8.01. The Labute approximate surface area is 177 Å². The van der Waals surface area contributed by atoms with Crippen LogP contribution in [0.4, 0.5) is 0 Å². The van der Waals surface area contributed by atoms with Crippen molar-refractivity contribution in [1.29, 1.82) is 0 Å². The van der Waals surface area contributed by atoms with E-state index in [0.29, 0.717) is 23.0 Å². The molecule has 1 unspecified atom stereocenters. The van der Waals surface area contributed by atoms with Gasteiger partial charge in [-0.25, -0.2) is 9.97 Å². The summed E-state index contributed by atoms with van der Waals surface area (Å²) in [5, 5.41) is 4.66. The van der Waals surface area contributed by atoms with Crippen molar-refractivity contribution < 1.29 is 4.79 Å². The lowest BCUT2D eigenvalue weighted by atomic mass is 10.1. The lowest BCUT2D eigenvalue weighted by Crippen LogP contribution is -2.31. The first-order valence-electron chi connectivity index (χ1n) is 9.44. The average Bonchev–Trinajstić information content (AvgIpc) is 3.27. The third kappa shape index (κ3) is 4.00. The van der Waals surface area contributed by atoms with Crippen LogP contribution in [-0.2, 0) is 11.3 Å². The van der Waals surface area contributed by atoms with Gasteiger partial charge in [-0.2, -0.15) is 0 Å². The summed E-state index contributed by atoms with van der Waals surface area (Å²) >= 11 is 3.13. The number of thioether (sulfide) groups is 1. The number of carbonyl (C=O) groups excluding carboxylic acids is 1. The Balaban J connectivity index is 1.43. The SMILES string of the molecule is Cc1ccccc1-c1nc(C)c(CNC(=O)CC2CSc3ncc(C)c(=O)n32)s1. The molecule has 150 valence electrons. The Morgan fingerprint density at radius 1 is 1.24 bits per heavy atom. The van der Waals surface area contributed by atoms with Crippen LogP contribution in [0.3, 0.4) is 0 Å². The van der Waals surface area contributed by atoms with Gasteiger partial charge in [-0.1, -0.05) is 36.0 Å². The van der Waals surface area contributed by atoms with Gasteiger partial charge < -0.3 is 5.32 Å². The molecule has 0 bridgehead atoms. The molecule has 1 atom stereocenters. The minimum absolute atomic E-state index is 0.0565. The zero-order chi connectivity index (χ0) is 20.5. The van der Waals surface area contributed by atoms with Gasteiger partial charge in [0.2, 0.25) is 5.91 Å². The van der Waals surface area contributed by atoms with Gasteiger partial charge in [0.15, 0.2) is 5.16 Å². The number of rotatable bonds is 5. The maximum atomic E-state index is 12.5. The van der Waals surface area contributed by atoms with Crippen LogP contribution in [0.15, 0.2) is 40.4 Å². The highest BCUT2D eigenvalue weighted by Gasteiger charge is 2.27. The highest BCUT2D eigenvalue weighted by molar-refractivity contribution is 7.99. The second-order valence-electron chi connectivity index (χ2n) is 7.19. The van der Waals surface area contributed by atoms with Crippen molar-refractivity contribution in [3.63, 3.8) is 0 Å². The summed E-state index contributed by atoms with van der Waals surface area (Å²) in [6.45, 7) is 6.24. The molecule has 0 spiro atoms. The Bertz CT molecular complexity index is 1140. The number of amides is 1. The summed E-state index contributed by atoms with van der Waals surface area (Å²) in [4.78, 5) is 35.0. The second kappa shape index (κ2) is 8.12. The van der Waals surface area contributed by atoms with E-state index in [9.17, 15) is 9.59 Å². The number of aromatic nitrogens is 3. The zero-order valence-electron chi connectivity index (χ0n) is 16.6. The van der Waals surface area contributed by atoms with Crippen molar-refractivity contribution in [2.75, 3.05) is 5.75 Å². The monoisotopic (exact) mass is 426 g/mol. The van der Waals surface area contributed by atoms with E-state index in [-0.39, 0.29) is 23.9 Å². The fourth-order valence-corrected chi connectivity index (χ4v) is 5.56. The first kappa shape index (κ1) is 19.8. The van der Waals surface area contributed by atoms with E-state index >= 15 is 0 Å². The van der Waals surface area contributed by atoms with E-state index in [0.717, 1.165) is 21.1 Å². The molecular formula is C21H22N4O2S2. The molecule has 0 radical (unpaired) electrons. The summed E-state index contributed by atoms with van der Waals surface area (Å²) in [6.07, 6.45) is 1.87. The molecule has 29 heavy (non-hydrogen) atoms. The third-order valence-corrected chi connectivity index (χ3v) is 7.34. The molecule has 0 saturated carbocycles. The fraction of sp³-hybridized carbons (Fsp3) is 0.333. The average molecular weight is 427 g/mol. The number of thiazole rings is 1. The highest BCUT2D eigenvalue weighted by Crippen LogP contribution is 2.32. The molecule has 1 amide bonds. The van der Waals surface area contributed by atoms with Gasteiger partial charge in [-0.15, -0.1) is 11.3 Å². The molecule has 1 aliphatic heterocycles. The van der Waals surface area contributed by atoms with Gasteiger partial charge >= 0.3 is 0 Å². The van der Waals surface area contributed by atoms with Crippen LogP contribution in [0.2, 0.25) is 0 Å². The standard InChI is InChI=1S/C21H22N4O2S2/c1-12-6-4-5-7-16(12)19-24-14(3)17(29-19)10-22-18(26)8-15-11-28-21-23-9-13(2)20(27)25(15)21/h4-7,9,15H,8,10-11H2,1-3H3,(H,22,26). The molecule has 4 rings (SSSR count). The van der Waals surface area contributed by atoms with Crippen LogP contribution in [0.5, 0.6) is 0 Å². The molecule has 3 heterocycles. The predicted molar refractivity (Wildman–Crippen MR) is 116 cm³/mol. The number of hydrogen-bond donors (Lipinski definition) is 1. The minimum atomic E-state index is -0.153. The second-order valence-corrected chi connectivity index (χ2v) is 9.26. The van der Waals surface area contributed by atoms with E-state index in [1.165, 1.54) is 17.3 Å². The maximum absolute atomic E-state index is 12.5. The Hall–Kier alpha value is -2.45. The summed E-state index contributed by atoms with van der Waals surface area (Å²) in [7, 11) is 0. The van der Waals surface area contributed by atoms with Crippen molar-refractivity contribution in [3.05, 3.63) is 62.5 Å². The summed E-state index contributed by atoms with van der Waals surface area (Å²) in [5.74, 6) is 0.623. The van der Waals surface area contributed by atoms with Crippen LogP contribution >= 0.6 is 23.1 Å². The smallest absolute Gasteiger partial charge is 0.257 e. The zero-order valence-corrected chi connectivity index (χ0v) is 18.2. The van der Waals surface area contributed by atoms with Gasteiger partial charge in [0.05, 0.1) is 18.3 Å². The van der Waals surface area contributed by atoms with Crippen LogP contribution < -0.4 is 10.9 Å². The summed E-state index contributed by atoms with van der Waals surface area (Å²) < 4.78 is 1.66. The van der Waals surface area contributed by atoms with Gasteiger partial charge in [0.1, 0.15) is 5.01 Å². The van der Waals surface area contributed by atoms with Crippen LogP contribution in [-0.4, -0.2) is 26.2 Å². The molecule has 0 saturated heterocycles. The third-order valence-electron chi connectivity index (χ3n) is 5.04. The number of nitrogens with one attached hydrogen (secondary N) is 1. The normalized spacial score (nSPS) is 15.3. The topological polar surface area (TPSA) is 76.9 Å². The molecule has 6 nitrogen and oxygen atoms in total. The van der Waals surface area contributed by atoms with E-state index in [1.54, 1.807) is 29.0 Å². The van der Waals surface area contributed by atoms with E-state index in [4.69, 9.17) is 0 Å². The lowest BCUT2D eigenvalue weighted by Gasteiger charge is -2.13. The Kier molecular flexibility index (Phi) is 5.56. The maximum Gasteiger partial charge on any atom is 0.257 e. The number of benzene rings is 1. The van der Waals surface area contributed by atoms with Gasteiger partial charge in [0, 0.05) is 34.4 Å². The molecule has 1 aliphatic rings. The number of aryl methyl sites for hydroxylation is 3. The van der Waals surface area contributed by atoms with E-state index < -0.39 is 0 Å². The van der Waals surface area contributed by atoms with Crippen molar-refractivity contribution >= 4 is 29.0 Å². The molecule has 1 aromatic carbocycles. The van der Waals surface area contributed by atoms with E-state index in [2.05, 4.69) is 34.3 Å². The predicted octanol–water partition coefficient (Wildman–Crippen LogP) is 3.65. The number of hydrogen-bond acceptors (Lipinski definition) is 6. The van der Waals surface area contributed by atoms with Gasteiger partial charge in [-0.3, -0.25) is 14.2 Å². The largest absolute Gasteiger partial charge is 0.351 e. The molecule has 1 N–H and O–H groups in total. The van der Waals surface area contributed by atoms with Crippen LogP contribution in [0.25, 0.3) is 10.6 Å². The molecular weight excluding hydrogens is 404 g/mol. The van der Waals surface area contributed by atoms with Crippen molar-refractivity contribution in [1.82, 2.24) is 19.9 Å². The van der Waals surface area contributed by atoms with Crippen molar-refractivity contribution in [2.45, 2.75) is 44.9 Å². The number of carbonyl (C=O) groups is 1. The van der Waals surface area contributed by atoms with Crippen LogP contribution in [0, 0.1) is 20.8 Å². The number of nitrogens with zero attached hydrogens (tertiary/aromatic N) is 3. The van der Waals surface area contributed by atoms with Crippen molar-refractivity contribution in [2.24, 2.45) is 0 Å². The van der Waals surface area contributed by atoms with Gasteiger partial charge in [0.25, 0.3) is 5.56 Å². The summed E-state index contributed by atoms with van der Waals surface area (Å²) in [5.41, 5.74) is 3.79. The number of fused-ring (bicyclic) bond motifs is 1. The van der Waals surface area contributed by atoms with E-state index in [1.807, 2.05) is 19.1 Å². The first-order valence-corrected chi connectivity index (χ1v) is 11.2. The Morgan fingerprint density at radius 3 is 2.83 bits per heavy atom.